The molecular weight excluding hydrogens is 463 g/mol. The minimum atomic E-state index is -0.294. The van der Waals surface area contributed by atoms with Crippen molar-refractivity contribution in [1.29, 1.82) is 0 Å². The van der Waals surface area contributed by atoms with E-state index in [4.69, 9.17) is 13.9 Å². The lowest BCUT2D eigenvalue weighted by molar-refractivity contribution is 0.0312. The summed E-state index contributed by atoms with van der Waals surface area (Å²) in [6, 6.07) is 13.5. The number of hydrogen-bond acceptors (Lipinski definition) is 6. The molecule has 1 fully saturated rings. The molecular formula is C27H27FN4O4. The van der Waals surface area contributed by atoms with Crippen LogP contribution in [-0.4, -0.2) is 54.4 Å². The van der Waals surface area contributed by atoms with Gasteiger partial charge in [0, 0.05) is 13.1 Å². The van der Waals surface area contributed by atoms with Crippen LogP contribution in [0.4, 0.5) is 4.39 Å². The Hall–Kier alpha value is -3.95. The zero-order valence-corrected chi connectivity index (χ0v) is 19.9. The molecule has 0 bridgehead atoms. The third-order valence-corrected chi connectivity index (χ3v) is 6.09. The number of H-pyrrole nitrogens is 1. The first-order chi connectivity index (χ1) is 17.6. The Bertz CT molecular complexity index is 1370. The molecule has 9 heteroatoms. The molecule has 186 valence electrons. The number of benzene rings is 2. The van der Waals surface area contributed by atoms with Crippen LogP contribution in [0.2, 0.25) is 0 Å². The first-order valence-electron chi connectivity index (χ1n) is 11.8. The van der Waals surface area contributed by atoms with E-state index in [1.165, 1.54) is 19.2 Å². The van der Waals surface area contributed by atoms with Crippen molar-refractivity contribution in [2.24, 2.45) is 0 Å². The molecule has 8 nitrogen and oxygen atoms in total. The topological polar surface area (TPSA) is 92.6 Å². The van der Waals surface area contributed by atoms with Crippen LogP contribution in [0.5, 0.6) is 5.75 Å². The van der Waals surface area contributed by atoms with Gasteiger partial charge in [0.25, 0.3) is 5.91 Å². The molecule has 36 heavy (non-hydrogen) atoms. The van der Waals surface area contributed by atoms with E-state index in [9.17, 15) is 9.18 Å². The first-order valence-corrected chi connectivity index (χ1v) is 11.8. The van der Waals surface area contributed by atoms with E-state index >= 15 is 0 Å². The van der Waals surface area contributed by atoms with Crippen molar-refractivity contribution in [2.45, 2.75) is 13.1 Å². The maximum absolute atomic E-state index is 13.2. The van der Waals surface area contributed by atoms with Crippen molar-refractivity contribution in [3.8, 4) is 5.75 Å². The highest BCUT2D eigenvalue weighted by molar-refractivity contribution is 6.05. The monoisotopic (exact) mass is 490 g/mol. The zero-order valence-electron chi connectivity index (χ0n) is 19.9. The van der Waals surface area contributed by atoms with Crippen LogP contribution in [-0.2, 0) is 17.8 Å². The van der Waals surface area contributed by atoms with Crippen LogP contribution >= 0.6 is 0 Å². The van der Waals surface area contributed by atoms with Crippen molar-refractivity contribution >= 4 is 29.0 Å². The standard InChI is InChI=1S/C27H27FN4O4/c1-34-26-22(27(33)29-16-20-7-8-21(36-20)17-32-12-14-35-15-13-32)9-11-24-25(26)23(30-31-24)10-4-18-2-5-19(28)6-3-18/h2-11H,12-17H2,1H3,(H,29,33)(H,30,31). The van der Waals surface area contributed by atoms with Gasteiger partial charge < -0.3 is 19.2 Å². The normalized spacial score (nSPS) is 14.5. The Morgan fingerprint density at radius 1 is 1.11 bits per heavy atom. The number of aromatic nitrogens is 2. The van der Waals surface area contributed by atoms with E-state index in [-0.39, 0.29) is 18.3 Å². The summed E-state index contributed by atoms with van der Waals surface area (Å²) in [7, 11) is 1.52. The number of methoxy groups -OCH3 is 1. The van der Waals surface area contributed by atoms with Gasteiger partial charge in [0.15, 0.2) is 0 Å². The van der Waals surface area contributed by atoms with Gasteiger partial charge >= 0.3 is 0 Å². The van der Waals surface area contributed by atoms with Gasteiger partial charge in [-0.2, -0.15) is 5.10 Å². The van der Waals surface area contributed by atoms with E-state index in [0.717, 1.165) is 49.7 Å². The van der Waals surface area contributed by atoms with E-state index < -0.39 is 0 Å². The van der Waals surface area contributed by atoms with Gasteiger partial charge in [-0.05, 0) is 48.0 Å². The van der Waals surface area contributed by atoms with Crippen molar-refractivity contribution < 1.29 is 23.1 Å². The second-order valence-electron chi connectivity index (χ2n) is 8.50. The summed E-state index contributed by atoms with van der Waals surface area (Å²) >= 11 is 0. The van der Waals surface area contributed by atoms with Gasteiger partial charge in [-0.25, -0.2) is 4.39 Å². The number of morpholine rings is 1. The Morgan fingerprint density at radius 2 is 1.89 bits per heavy atom. The van der Waals surface area contributed by atoms with E-state index in [1.807, 2.05) is 18.2 Å². The fourth-order valence-electron chi connectivity index (χ4n) is 4.21. The third kappa shape index (κ3) is 5.32. The molecule has 5 rings (SSSR count). The molecule has 2 N–H and O–H groups in total. The maximum atomic E-state index is 13.2. The number of rotatable bonds is 8. The van der Waals surface area contributed by atoms with E-state index in [1.54, 1.807) is 30.3 Å². The summed E-state index contributed by atoms with van der Waals surface area (Å²) in [5, 5.41) is 10.9. The minimum absolute atomic E-state index is 0.256. The fourth-order valence-corrected chi connectivity index (χ4v) is 4.21. The lowest BCUT2D eigenvalue weighted by Crippen LogP contribution is -2.35. The molecule has 0 unspecified atom stereocenters. The molecule has 2 aromatic heterocycles. The molecule has 4 aromatic rings. The van der Waals surface area contributed by atoms with E-state index in [2.05, 4.69) is 20.4 Å². The second kappa shape index (κ2) is 10.8. The highest BCUT2D eigenvalue weighted by Gasteiger charge is 2.19. The quantitative estimate of drug-likeness (QED) is 0.384. The largest absolute Gasteiger partial charge is 0.495 e. The van der Waals surface area contributed by atoms with Gasteiger partial charge in [0.2, 0.25) is 0 Å². The summed E-state index contributed by atoms with van der Waals surface area (Å²) in [5.74, 6) is 1.38. The average molecular weight is 491 g/mol. The number of amides is 1. The van der Waals surface area contributed by atoms with Crippen LogP contribution in [0.25, 0.3) is 23.1 Å². The van der Waals surface area contributed by atoms with Crippen LogP contribution in [0.15, 0.2) is 52.9 Å². The molecule has 1 amide bonds. The smallest absolute Gasteiger partial charge is 0.255 e. The van der Waals surface area contributed by atoms with E-state index in [0.29, 0.717) is 28.2 Å². The Kier molecular flexibility index (Phi) is 7.11. The number of nitrogens with zero attached hydrogens (tertiary/aromatic N) is 2. The van der Waals surface area contributed by atoms with Crippen molar-refractivity contribution in [1.82, 2.24) is 20.4 Å². The molecule has 0 aliphatic carbocycles. The van der Waals surface area contributed by atoms with Crippen molar-refractivity contribution in [2.75, 3.05) is 33.4 Å². The molecule has 1 aliphatic heterocycles. The molecule has 1 saturated heterocycles. The highest BCUT2D eigenvalue weighted by atomic mass is 19.1. The number of aromatic amines is 1. The number of hydrogen-bond donors (Lipinski definition) is 2. The number of carbonyl (C=O) groups is 1. The zero-order chi connectivity index (χ0) is 24.9. The average Bonchev–Trinajstić information content (AvgIpc) is 3.53. The number of fused-ring (bicyclic) bond motifs is 1. The summed E-state index contributed by atoms with van der Waals surface area (Å²) in [4.78, 5) is 15.3. The summed E-state index contributed by atoms with van der Waals surface area (Å²) in [5.41, 5.74) is 2.57. The highest BCUT2D eigenvalue weighted by Crippen LogP contribution is 2.32. The summed E-state index contributed by atoms with van der Waals surface area (Å²) < 4.78 is 30.1. The van der Waals surface area contributed by atoms with Gasteiger partial charge in [0.05, 0.1) is 55.6 Å². The Morgan fingerprint density at radius 3 is 2.67 bits per heavy atom. The van der Waals surface area contributed by atoms with Gasteiger partial charge in [-0.15, -0.1) is 0 Å². The van der Waals surface area contributed by atoms with Crippen LogP contribution in [0.1, 0.15) is 33.1 Å². The van der Waals surface area contributed by atoms with Crippen LogP contribution in [0, 0.1) is 5.82 Å². The second-order valence-corrected chi connectivity index (χ2v) is 8.50. The van der Waals surface area contributed by atoms with Gasteiger partial charge in [0.1, 0.15) is 23.1 Å². The number of nitrogens with one attached hydrogen (secondary N) is 2. The molecule has 1 aliphatic rings. The van der Waals surface area contributed by atoms with Crippen molar-refractivity contribution in [3.05, 3.63) is 82.7 Å². The van der Waals surface area contributed by atoms with Gasteiger partial charge in [-0.3, -0.25) is 14.8 Å². The van der Waals surface area contributed by atoms with Gasteiger partial charge in [-0.1, -0.05) is 18.2 Å². The molecule has 3 heterocycles. The fraction of sp³-hybridized carbons (Fsp3) is 0.259. The molecule has 0 atom stereocenters. The Balaban J connectivity index is 1.30. The first kappa shape index (κ1) is 23.8. The molecule has 0 spiro atoms. The maximum Gasteiger partial charge on any atom is 0.255 e. The predicted octanol–water partition coefficient (Wildman–Crippen LogP) is 4.24. The lowest BCUT2D eigenvalue weighted by atomic mass is 10.1. The predicted molar refractivity (Wildman–Crippen MR) is 134 cm³/mol. The number of ether oxygens (including phenoxy) is 2. The summed E-state index contributed by atoms with van der Waals surface area (Å²) in [6.07, 6.45) is 3.63. The van der Waals surface area contributed by atoms with Crippen molar-refractivity contribution in [3.63, 3.8) is 0 Å². The number of carbonyl (C=O) groups excluding carboxylic acids is 1. The number of halogens is 1. The molecule has 0 saturated carbocycles. The molecule has 2 aromatic carbocycles. The lowest BCUT2D eigenvalue weighted by Gasteiger charge is -2.25. The van der Waals surface area contributed by atoms with Crippen LogP contribution < -0.4 is 10.1 Å². The summed E-state index contributed by atoms with van der Waals surface area (Å²) in [6.45, 7) is 4.20. The minimum Gasteiger partial charge on any atom is -0.495 e. The molecule has 0 radical (unpaired) electrons. The Labute approximate surface area is 207 Å². The van der Waals surface area contributed by atoms with Crippen LogP contribution in [0.3, 0.4) is 0 Å². The number of furan rings is 1. The SMILES string of the molecule is COc1c(C(=O)NCc2ccc(CN3CCOCC3)o2)ccc2[nH]nc(C=Cc3ccc(F)cc3)c12. The third-order valence-electron chi connectivity index (χ3n) is 6.09.